The van der Waals surface area contributed by atoms with E-state index in [1.54, 1.807) is 0 Å². The first kappa shape index (κ1) is 29.6. The summed E-state index contributed by atoms with van der Waals surface area (Å²) in [5, 5.41) is 2.77. The Morgan fingerprint density at radius 1 is 0.660 bits per heavy atom. The number of rotatable bonds is 4. The Bertz CT molecular complexity index is 2480. The highest BCUT2D eigenvalue weighted by atomic mass is 32.2. The van der Waals surface area contributed by atoms with E-state index in [0.717, 1.165) is 30.0 Å². The Morgan fingerprint density at radius 2 is 1.44 bits per heavy atom. The van der Waals surface area contributed by atoms with Gasteiger partial charge in [-0.2, -0.15) is 0 Å². The van der Waals surface area contributed by atoms with E-state index in [0.29, 0.717) is 0 Å². The molecule has 240 valence electrons. The summed E-state index contributed by atoms with van der Waals surface area (Å²) in [4.78, 5) is 11.8. The maximum absolute atomic E-state index is 5.34. The molecular formula is C47H36N2S. The Kier molecular flexibility index (Phi) is 6.76. The molecule has 0 amide bonds. The fourth-order valence-electron chi connectivity index (χ4n) is 8.48. The lowest BCUT2D eigenvalue weighted by atomic mass is 9.80. The standard InChI is InChI=1S/C47H36N2S/c1-47(2)38-27-33(25-26-36(38)42-39(47)28-34-17-9-10-18-35(34)41(42)30-13-5-3-6-14-30)29-21-23-31(24-22-29)43-45-44(37-19-11-12-20-40(37)50-45)49-46(48-43)32-15-7-4-8-16-32/h3,5-7,9-28,43,45H,4,8H2,1-2H3. The normalized spacial score (nSPS) is 19.6. The van der Waals surface area contributed by atoms with Gasteiger partial charge in [0.2, 0.25) is 0 Å². The lowest BCUT2D eigenvalue weighted by Gasteiger charge is -2.26. The molecule has 2 aliphatic carbocycles. The zero-order valence-electron chi connectivity index (χ0n) is 28.2. The summed E-state index contributed by atoms with van der Waals surface area (Å²) >= 11 is 1.90. The summed E-state index contributed by atoms with van der Waals surface area (Å²) in [6.45, 7) is 4.78. The Balaban J connectivity index is 1.04. The number of benzene rings is 6. The first-order chi connectivity index (χ1) is 24.5. The second kappa shape index (κ2) is 11.4. The van der Waals surface area contributed by atoms with Gasteiger partial charge in [-0.25, -0.2) is 4.99 Å². The highest BCUT2D eigenvalue weighted by Crippen LogP contribution is 2.55. The highest BCUT2D eigenvalue weighted by Gasteiger charge is 2.40. The van der Waals surface area contributed by atoms with Crippen LogP contribution in [0.1, 0.15) is 55.0 Å². The van der Waals surface area contributed by atoms with Gasteiger partial charge < -0.3 is 0 Å². The number of thioether (sulfide) groups is 1. The molecule has 0 bridgehead atoms. The molecule has 10 rings (SSSR count). The third kappa shape index (κ3) is 4.57. The maximum atomic E-state index is 5.34. The molecule has 2 heterocycles. The molecule has 50 heavy (non-hydrogen) atoms. The quantitative estimate of drug-likeness (QED) is 0.185. The molecular weight excluding hydrogens is 625 g/mol. The van der Waals surface area contributed by atoms with Crippen molar-refractivity contribution in [1.29, 1.82) is 0 Å². The molecule has 0 fully saturated rings. The molecule has 0 aromatic heterocycles. The van der Waals surface area contributed by atoms with Gasteiger partial charge in [0.15, 0.2) is 5.84 Å². The third-order valence-corrected chi connectivity index (χ3v) is 12.4. The molecule has 2 aliphatic heterocycles. The number of aliphatic imine (C=N–C) groups is 2. The van der Waals surface area contributed by atoms with Crippen molar-refractivity contribution in [3.63, 3.8) is 0 Å². The molecule has 0 saturated carbocycles. The monoisotopic (exact) mass is 660 g/mol. The van der Waals surface area contributed by atoms with Crippen LogP contribution in [-0.2, 0) is 5.41 Å². The number of hydrogen-bond donors (Lipinski definition) is 0. The van der Waals surface area contributed by atoms with Gasteiger partial charge in [0, 0.05) is 21.4 Å². The van der Waals surface area contributed by atoms with Crippen LogP contribution >= 0.6 is 11.8 Å². The van der Waals surface area contributed by atoms with Crippen molar-refractivity contribution in [2.24, 2.45) is 9.98 Å². The Morgan fingerprint density at radius 3 is 2.28 bits per heavy atom. The van der Waals surface area contributed by atoms with Crippen molar-refractivity contribution in [3.8, 4) is 33.4 Å². The highest BCUT2D eigenvalue weighted by molar-refractivity contribution is 8.01. The molecule has 0 saturated heterocycles. The van der Waals surface area contributed by atoms with Crippen LogP contribution in [0.15, 0.2) is 166 Å². The number of nitrogens with zero attached hydrogens (tertiary/aromatic N) is 2. The number of fused-ring (bicyclic) bond motifs is 7. The largest absolute Gasteiger partial charge is 0.256 e. The van der Waals surface area contributed by atoms with Crippen LogP contribution in [0.3, 0.4) is 0 Å². The van der Waals surface area contributed by atoms with Gasteiger partial charge in [-0.3, -0.25) is 4.99 Å². The minimum absolute atomic E-state index is 0.000769. The maximum Gasteiger partial charge on any atom is 0.155 e. The second-order valence-corrected chi connectivity index (χ2v) is 15.5. The molecule has 2 atom stereocenters. The van der Waals surface area contributed by atoms with Crippen molar-refractivity contribution in [2.45, 2.75) is 48.3 Å². The van der Waals surface area contributed by atoms with Gasteiger partial charge in [0.25, 0.3) is 0 Å². The number of hydrogen-bond acceptors (Lipinski definition) is 3. The van der Waals surface area contributed by atoms with E-state index in [4.69, 9.17) is 9.98 Å². The van der Waals surface area contributed by atoms with Crippen LogP contribution in [0.4, 0.5) is 0 Å². The van der Waals surface area contributed by atoms with Gasteiger partial charge in [-0.15, -0.1) is 11.8 Å². The van der Waals surface area contributed by atoms with Crippen LogP contribution < -0.4 is 0 Å². The molecule has 2 unspecified atom stereocenters. The molecule has 4 aliphatic rings. The first-order valence-corrected chi connectivity index (χ1v) is 18.6. The van der Waals surface area contributed by atoms with Gasteiger partial charge in [0.05, 0.1) is 17.0 Å². The number of amidine groups is 1. The zero-order chi connectivity index (χ0) is 33.4. The van der Waals surface area contributed by atoms with Crippen LogP contribution in [0.25, 0.3) is 44.2 Å². The smallest absolute Gasteiger partial charge is 0.155 e. The zero-order valence-corrected chi connectivity index (χ0v) is 29.0. The van der Waals surface area contributed by atoms with Crippen LogP contribution in [0.5, 0.6) is 0 Å². The van der Waals surface area contributed by atoms with Gasteiger partial charge in [0.1, 0.15) is 0 Å². The average Bonchev–Trinajstić information content (AvgIpc) is 3.66. The third-order valence-electron chi connectivity index (χ3n) is 11.0. The fourth-order valence-corrected chi connectivity index (χ4v) is 9.84. The van der Waals surface area contributed by atoms with E-state index in [1.807, 2.05) is 11.8 Å². The molecule has 3 heteroatoms. The van der Waals surface area contributed by atoms with Crippen molar-refractivity contribution < 1.29 is 0 Å². The average molecular weight is 661 g/mol. The van der Waals surface area contributed by atoms with Crippen LogP contribution in [0.2, 0.25) is 0 Å². The summed E-state index contributed by atoms with van der Waals surface area (Å²) in [6, 6.07) is 47.2. The number of allylic oxidation sites excluding steroid dienone is 2. The molecule has 0 radical (unpaired) electrons. The predicted octanol–water partition coefficient (Wildman–Crippen LogP) is 12.2. The first-order valence-electron chi connectivity index (χ1n) is 17.7. The summed E-state index contributed by atoms with van der Waals surface area (Å²) in [6.07, 6.45) is 8.84. The van der Waals surface area contributed by atoms with Crippen LogP contribution in [0, 0.1) is 0 Å². The second-order valence-electron chi connectivity index (χ2n) is 14.3. The minimum atomic E-state index is -0.131. The van der Waals surface area contributed by atoms with Gasteiger partial charge in [-0.05, 0) is 91.9 Å². The van der Waals surface area contributed by atoms with E-state index in [-0.39, 0.29) is 16.7 Å². The molecule has 0 N–H and O–H groups in total. The fraction of sp³-hybridized carbons (Fsp3) is 0.149. The van der Waals surface area contributed by atoms with Crippen molar-refractivity contribution >= 4 is 34.1 Å². The summed E-state index contributed by atoms with van der Waals surface area (Å²) in [5.41, 5.74) is 15.2. The molecule has 2 nitrogen and oxygen atoms in total. The summed E-state index contributed by atoms with van der Waals surface area (Å²) in [7, 11) is 0. The summed E-state index contributed by atoms with van der Waals surface area (Å²) < 4.78 is 0. The van der Waals surface area contributed by atoms with E-state index in [9.17, 15) is 0 Å². The van der Waals surface area contributed by atoms with Gasteiger partial charge in [-0.1, -0.05) is 141 Å². The molecule has 0 spiro atoms. The van der Waals surface area contributed by atoms with E-state index < -0.39 is 0 Å². The Hall–Kier alpha value is -5.25. The molecule has 6 aromatic rings. The van der Waals surface area contributed by atoms with Crippen molar-refractivity contribution in [1.82, 2.24) is 0 Å². The SMILES string of the molecule is CC1(C)c2cc(-c3ccc(C4N=C(C5=CCCC=C5)N=C5c6ccccc6SC54)cc3)ccc2-c2c1cc1ccccc1c2-c1ccccc1. The van der Waals surface area contributed by atoms with Crippen LogP contribution in [-0.4, -0.2) is 16.8 Å². The lowest BCUT2D eigenvalue weighted by Crippen LogP contribution is -2.27. The van der Waals surface area contributed by atoms with Gasteiger partial charge >= 0.3 is 0 Å². The summed E-state index contributed by atoms with van der Waals surface area (Å²) in [5.74, 6) is 0.863. The Labute approximate surface area is 298 Å². The van der Waals surface area contributed by atoms with Crippen molar-refractivity contribution in [3.05, 3.63) is 173 Å². The minimum Gasteiger partial charge on any atom is -0.256 e. The topological polar surface area (TPSA) is 24.7 Å². The van der Waals surface area contributed by atoms with E-state index in [1.165, 1.54) is 71.3 Å². The predicted molar refractivity (Wildman–Crippen MR) is 212 cm³/mol. The van der Waals surface area contributed by atoms with E-state index >= 15 is 0 Å². The van der Waals surface area contributed by atoms with Crippen molar-refractivity contribution in [2.75, 3.05) is 0 Å². The molecule has 6 aromatic carbocycles. The lowest BCUT2D eigenvalue weighted by molar-refractivity contribution is 0.661. The van der Waals surface area contributed by atoms with E-state index in [2.05, 4.69) is 159 Å².